The Labute approximate surface area is 108 Å². The van der Waals surface area contributed by atoms with Crippen LogP contribution in [0.4, 0.5) is 0 Å². The first-order chi connectivity index (χ1) is 9.10. The van der Waals surface area contributed by atoms with Gasteiger partial charge in [0.05, 0.1) is 12.1 Å². The van der Waals surface area contributed by atoms with Crippen molar-refractivity contribution in [2.45, 2.75) is 13.2 Å². The Morgan fingerprint density at radius 3 is 2.95 bits per heavy atom. The molecule has 100 valence electrons. The number of carboxylic acid groups (broad SMARTS) is 1. The summed E-state index contributed by atoms with van der Waals surface area (Å²) in [5.74, 6) is -0.569. The Hall–Kier alpha value is -2.41. The summed E-state index contributed by atoms with van der Waals surface area (Å²) in [6.07, 6.45) is 1.41. The van der Waals surface area contributed by atoms with Crippen LogP contribution >= 0.6 is 0 Å². The van der Waals surface area contributed by atoms with Crippen LogP contribution in [0, 0.1) is 0 Å². The smallest absolute Gasteiger partial charge is 0.335 e. The van der Waals surface area contributed by atoms with Crippen molar-refractivity contribution in [3.05, 3.63) is 51.8 Å². The molecule has 0 saturated heterocycles. The van der Waals surface area contributed by atoms with Gasteiger partial charge in [-0.05, 0) is 6.07 Å². The van der Waals surface area contributed by atoms with Gasteiger partial charge >= 0.3 is 5.97 Å². The molecule has 2 aromatic rings. The molecule has 0 radical (unpaired) electrons. The molecular weight excluding hydrogens is 252 g/mol. The van der Waals surface area contributed by atoms with E-state index in [-0.39, 0.29) is 12.1 Å². The molecule has 0 spiro atoms. The molecule has 19 heavy (non-hydrogen) atoms. The van der Waals surface area contributed by atoms with E-state index in [0.29, 0.717) is 18.1 Å². The van der Waals surface area contributed by atoms with E-state index in [1.165, 1.54) is 23.9 Å². The molecule has 0 amide bonds. The van der Waals surface area contributed by atoms with Crippen molar-refractivity contribution < 1.29 is 19.2 Å². The van der Waals surface area contributed by atoms with Crippen LogP contribution in [0.25, 0.3) is 0 Å². The zero-order valence-corrected chi connectivity index (χ0v) is 10.2. The van der Waals surface area contributed by atoms with Crippen molar-refractivity contribution in [1.29, 1.82) is 0 Å². The summed E-state index contributed by atoms with van der Waals surface area (Å²) in [5, 5.41) is 12.6. The Morgan fingerprint density at radius 1 is 1.53 bits per heavy atom. The highest BCUT2D eigenvalue weighted by Gasteiger charge is 2.08. The number of nitrogens with zero attached hydrogens (tertiary/aromatic N) is 2. The second-order valence-corrected chi connectivity index (χ2v) is 3.90. The summed E-state index contributed by atoms with van der Waals surface area (Å²) in [7, 11) is 1.54. The number of rotatable bonds is 5. The third kappa shape index (κ3) is 3.08. The SMILES string of the molecule is COCc1cc(Cn2ccc(C(=O)O)cc2=O)no1. The number of aromatic nitrogens is 2. The van der Waals surface area contributed by atoms with Crippen LogP contribution in [0.3, 0.4) is 0 Å². The number of hydrogen-bond donors (Lipinski definition) is 1. The van der Waals surface area contributed by atoms with Crippen LogP contribution in [0.1, 0.15) is 21.8 Å². The van der Waals surface area contributed by atoms with Crippen LogP contribution in [-0.2, 0) is 17.9 Å². The standard InChI is InChI=1S/C12H12N2O5/c1-18-7-10-5-9(13-19-10)6-14-3-2-8(12(16)17)4-11(14)15/h2-5H,6-7H2,1H3,(H,16,17). The zero-order valence-electron chi connectivity index (χ0n) is 10.2. The summed E-state index contributed by atoms with van der Waals surface area (Å²) >= 11 is 0. The topological polar surface area (TPSA) is 94.6 Å². The first-order valence-electron chi connectivity index (χ1n) is 5.47. The molecule has 0 aliphatic rings. The predicted octanol–water partition coefficient (Wildman–Crippen LogP) is 0.729. The number of carboxylic acids is 1. The fraction of sp³-hybridized carbons (Fsp3) is 0.250. The van der Waals surface area contributed by atoms with Gasteiger partial charge in [0, 0.05) is 25.4 Å². The maximum absolute atomic E-state index is 11.7. The first kappa shape index (κ1) is 13.0. The van der Waals surface area contributed by atoms with Crippen molar-refractivity contribution in [1.82, 2.24) is 9.72 Å². The number of hydrogen-bond acceptors (Lipinski definition) is 5. The maximum Gasteiger partial charge on any atom is 0.335 e. The molecule has 0 fully saturated rings. The van der Waals surface area contributed by atoms with Crippen molar-refractivity contribution in [3.63, 3.8) is 0 Å². The molecule has 7 nitrogen and oxygen atoms in total. The largest absolute Gasteiger partial charge is 0.478 e. The van der Waals surface area contributed by atoms with Gasteiger partial charge in [-0.2, -0.15) is 0 Å². The molecule has 0 aliphatic carbocycles. The van der Waals surface area contributed by atoms with Crippen LogP contribution in [0.5, 0.6) is 0 Å². The van der Waals surface area contributed by atoms with Gasteiger partial charge in [0.15, 0.2) is 5.76 Å². The molecule has 7 heteroatoms. The number of carbonyl (C=O) groups is 1. The molecule has 2 rings (SSSR count). The van der Waals surface area contributed by atoms with E-state index >= 15 is 0 Å². The van der Waals surface area contributed by atoms with E-state index in [2.05, 4.69) is 5.16 Å². The average Bonchev–Trinajstić information content (AvgIpc) is 2.79. The van der Waals surface area contributed by atoms with Crippen molar-refractivity contribution in [2.75, 3.05) is 7.11 Å². The van der Waals surface area contributed by atoms with Gasteiger partial charge in [-0.1, -0.05) is 5.16 Å². The first-order valence-corrected chi connectivity index (χ1v) is 5.47. The molecule has 0 saturated carbocycles. The fourth-order valence-electron chi connectivity index (χ4n) is 1.59. The van der Waals surface area contributed by atoms with Gasteiger partial charge in [0.1, 0.15) is 12.3 Å². The Kier molecular flexibility index (Phi) is 3.76. The third-order valence-electron chi connectivity index (χ3n) is 2.47. The molecule has 2 heterocycles. The Bertz CT molecular complexity index is 644. The summed E-state index contributed by atoms with van der Waals surface area (Å²) in [4.78, 5) is 22.4. The number of aromatic carboxylic acids is 1. The minimum atomic E-state index is -1.13. The minimum absolute atomic E-state index is 0.0403. The van der Waals surface area contributed by atoms with Crippen molar-refractivity contribution in [3.8, 4) is 0 Å². The lowest BCUT2D eigenvalue weighted by Gasteiger charge is -2.02. The number of pyridine rings is 1. The molecule has 0 unspecified atom stereocenters. The fourth-order valence-corrected chi connectivity index (χ4v) is 1.59. The summed E-state index contributed by atoms with van der Waals surface area (Å²) in [6, 6.07) is 4.11. The highest BCUT2D eigenvalue weighted by molar-refractivity contribution is 5.87. The second kappa shape index (κ2) is 5.49. The highest BCUT2D eigenvalue weighted by Crippen LogP contribution is 2.06. The van der Waals surface area contributed by atoms with E-state index in [4.69, 9.17) is 14.4 Å². The van der Waals surface area contributed by atoms with Crippen molar-refractivity contribution in [2.24, 2.45) is 0 Å². The van der Waals surface area contributed by atoms with Gasteiger partial charge in [-0.25, -0.2) is 4.79 Å². The summed E-state index contributed by atoms with van der Waals surface area (Å²) in [6.45, 7) is 0.520. The predicted molar refractivity (Wildman–Crippen MR) is 64.0 cm³/mol. The summed E-state index contributed by atoms with van der Waals surface area (Å²) in [5.41, 5.74) is 0.120. The molecule has 1 N–H and O–H groups in total. The molecule has 0 atom stereocenters. The van der Waals surface area contributed by atoms with Crippen LogP contribution in [0.15, 0.2) is 33.7 Å². The lowest BCUT2D eigenvalue weighted by atomic mass is 10.2. The van der Waals surface area contributed by atoms with Crippen LogP contribution < -0.4 is 5.56 Å². The van der Waals surface area contributed by atoms with Gasteiger partial charge in [-0.15, -0.1) is 0 Å². The molecule has 0 bridgehead atoms. The second-order valence-electron chi connectivity index (χ2n) is 3.90. The zero-order chi connectivity index (χ0) is 13.8. The van der Waals surface area contributed by atoms with E-state index in [0.717, 1.165) is 6.07 Å². The number of methoxy groups -OCH3 is 1. The van der Waals surface area contributed by atoms with E-state index in [9.17, 15) is 9.59 Å². The lowest BCUT2D eigenvalue weighted by Crippen LogP contribution is -2.20. The van der Waals surface area contributed by atoms with Crippen molar-refractivity contribution >= 4 is 5.97 Å². The highest BCUT2D eigenvalue weighted by atomic mass is 16.5. The molecule has 2 aromatic heterocycles. The average molecular weight is 264 g/mol. The number of ether oxygens (including phenoxy) is 1. The van der Waals surface area contributed by atoms with Gasteiger partial charge < -0.3 is 18.9 Å². The summed E-state index contributed by atoms with van der Waals surface area (Å²) < 4.78 is 11.2. The Morgan fingerprint density at radius 2 is 2.32 bits per heavy atom. The van der Waals surface area contributed by atoms with Crippen LogP contribution in [-0.4, -0.2) is 27.9 Å². The molecule has 0 aliphatic heterocycles. The van der Waals surface area contributed by atoms with Gasteiger partial charge in [-0.3, -0.25) is 4.79 Å². The lowest BCUT2D eigenvalue weighted by molar-refractivity contribution is 0.0696. The quantitative estimate of drug-likeness (QED) is 0.855. The Balaban J connectivity index is 2.18. The molecular formula is C12H12N2O5. The monoisotopic (exact) mass is 264 g/mol. The van der Waals surface area contributed by atoms with E-state index in [1.54, 1.807) is 6.07 Å². The van der Waals surface area contributed by atoms with E-state index in [1.807, 2.05) is 0 Å². The third-order valence-corrected chi connectivity index (χ3v) is 2.47. The maximum atomic E-state index is 11.7. The minimum Gasteiger partial charge on any atom is -0.478 e. The van der Waals surface area contributed by atoms with Gasteiger partial charge in [0.2, 0.25) is 0 Å². The van der Waals surface area contributed by atoms with Crippen LogP contribution in [0.2, 0.25) is 0 Å². The van der Waals surface area contributed by atoms with Gasteiger partial charge in [0.25, 0.3) is 5.56 Å². The normalized spacial score (nSPS) is 10.6. The molecule has 0 aromatic carbocycles. The van der Waals surface area contributed by atoms with E-state index < -0.39 is 11.5 Å².